The third-order valence-corrected chi connectivity index (χ3v) is 7.86. The Kier molecular flexibility index (Phi) is 5.15. The number of H-pyrrole nitrogens is 1. The Hall–Kier alpha value is -4.14. The minimum atomic E-state index is -0.483. The van der Waals surface area contributed by atoms with Crippen molar-refractivity contribution in [1.29, 1.82) is 0 Å². The van der Waals surface area contributed by atoms with Gasteiger partial charge < -0.3 is 25.4 Å². The van der Waals surface area contributed by atoms with Gasteiger partial charge in [-0.15, -0.1) is 0 Å². The molecule has 1 saturated heterocycles. The average Bonchev–Trinajstić information content (AvgIpc) is 3.13. The zero-order valence-electron chi connectivity index (χ0n) is 20.7. The molecule has 0 unspecified atom stereocenters. The van der Waals surface area contributed by atoms with Crippen LogP contribution in [0.1, 0.15) is 48.2 Å². The van der Waals surface area contributed by atoms with Crippen LogP contribution >= 0.6 is 0 Å². The number of hydrogen-bond acceptors (Lipinski definition) is 4. The van der Waals surface area contributed by atoms with Crippen LogP contribution in [0.2, 0.25) is 0 Å². The van der Waals surface area contributed by atoms with E-state index in [1.54, 1.807) is 17.0 Å². The Labute approximate surface area is 213 Å². The van der Waals surface area contributed by atoms with Crippen LogP contribution in [0.4, 0.5) is 26.4 Å². The van der Waals surface area contributed by atoms with Crippen LogP contribution in [0, 0.1) is 5.82 Å². The van der Waals surface area contributed by atoms with Gasteiger partial charge in [-0.2, -0.15) is 0 Å². The normalized spacial score (nSPS) is 19.2. The van der Waals surface area contributed by atoms with Gasteiger partial charge in [0.25, 0.3) is 5.91 Å². The number of hydrogen-bond donors (Lipinski definition) is 3. The van der Waals surface area contributed by atoms with Crippen LogP contribution in [0.15, 0.2) is 59.4 Å². The number of rotatable bonds is 2. The average molecular weight is 502 g/mol. The molecule has 3 N–H and O–H groups in total. The van der Waals surface area contributed by atoms with Crippen LogP contribution in [0.3, 0.4) is 0 Å². The predicted molar refractivity (Wildman–Crippen MR) is 140 cm³/mol. The molecule has 3 aliphatic heterocycles. The lowest BCUT2D eigenvalue weighted by Gasteiger charge is -2.46. The summed E-state index contributed by atoms with van der Waals surface area (Å²) in [6.07, 6.45) is 1.30. The first-order valence-electron chi connectivity index (χ1n) is 12.5. The first-order valence-corrected chi connectivity index (χ1v) is 12.5. The molecule has 0 atom stereocenters. The van der Waals surface area contributed by atoms with E-state index >= 15 is 0 Å². The fourth-order valence-corrected chi connectivity index (χ4v) is 5.98. The Balaban J connectivity index is 1.26. The van der Waals surface area contributed by atoms with E-state index in [4.69, 9.17) is 0 Å². The maximum Gasteiger partial charge on any atom is 0.319 e. The monoisotopic (exact) mass is 501 g/mol. The second-order valence-corrected chi connectivity index (χ2v) is 10.7. The fraction of sp³-hybridized carbons (Fsp3) is 0.321. The van der Waals surface area contributed by atoms with Crippen molar-refractivity contribution in [3.63, 3.8) is 0 Å². The van der Waals surface area contributed by atoms with Crippen molar-refractivity contribution in [1.82, 2.24) is 10.3 Å². The van der Waals surface area contributed by atoms with Crippen LogP contribution in [0.5, 0.6) is 0 Å². The maximum absolute atomic E-state index is 13.9. The number of carbonyl (C=O) groups excluding carboxylic acids is 2. The number of halogens is 1. The van der Waals surface area contributed by atoms with E-state index in [1.807, 2.05) is 43.0 Å². The molecule has 1 aromatic heterocycles. The van der Waals surface area contributed by atoms with Crippen LogP contribution in [-0.2, 0) is 11.0 Å². The van der Waals surface area contributed by atoms with Crippen molar-refractivity contribution in [3.05, 3.63) is 87.5 Å². The number of amides is 3. The second-order valence-electron chi connectivity index (χ2n) is 10.7. The van der Waals surface area contributed by atoms with Gasteiger partial charge in [-0.3, -0.25) is 9.59 Å². The molecule has 3 aromatic rings. The molecule has 0 radical (unpaired) electrons. The lowest BCUT2D eigenvalue weighted by molar-refractivity contribution is 0.0985. The molecule has 3 aliphatic rings. The molecule has 2 aromatic carbocycles. The minimum Gasteiger partial charge on any atom is -0.358 e. The number of aromatic nitrogens is 1. The number of fused-ring (bicyclic) bond motifs is 3. The van der Waals surface area contributed by atoms with Gasteiger partial charge in [0.15, 0.2) is 0 Å². The van der Waals surface area contributed by atoms with Crippen molar-refractivity contribution >= 4 is 29.1 Å². The molecular formula is C28H28FN5O3. The summed E-state index contributed by atoms with van der Waals surface area (Å²) in [4.78, 5) is 45.1. The van der Waals surface area contributed by atoms with E-state index in [0.29, 0.717) is 44.0 Å². The third-order valence-electron chi connectivity index (χ3n) is 7.86. The molecule has 0 aliphatic carbocycles. The highest BCUT2D eigenvalue weighted by Crippen LogP contribution is 2.42. The van der Waals surface area contributed by atoms with E-state index < -0.39 is 11.0 Å². The van der Waals surface area contributed by atoms with E-state index in [1.165, 1.54) is 18.2 Å². The summed E-state index contributed by atoms with van der Waals surface area (Å²) in [6.45, 7) is 5.51. The molecule has 9 heteroatoms. The lowest BCUT2D eigenvalue weighted by Crippen LogP contribution is -2.57. The molecule has 3 amide bonds. The summed E-state index contributed by atoms with van der Waals surface area (Å²) >= 11 is 0. The second kappa shape index (κ2) is 8.19. The highest BCUT2D eigenvalue weighted by molar-refractivity contribution is 6.08. The van der Waals surface area contributed by atoms with Gasteiger partial charge in [-0.25, -0.2) is 9.18 Å². The van der Waals surface area contributed by atoms with Gasteiger partial charge in [0.1, 0.15) is 11.6 Å². The zero-order valence-corrected chi connectivity index (χ0v) is 20.7. The van der Waals surface area contributed by atoms with Gasteiger partial charge in [0, 0.05) is 53.6 Å². The largest absolute Gasteiger partial charge is 0.358 e. The van der Waals surface area contributed by atoms with Crippen LogP contribution in [-0.4, -0.2) is 36.6 Å². The van der Waals surface area contributed by atoms with Crippen molar-refractivity contribution in [2.45, 2.75) is 37.6 Å². The zero-order chi connectivity index (χ0) is 25.9. The van der Waals surface area contributed by atoms with Crippen molar-refractivity contribution in [3.8, 4) is 0 Å². The topological polar surface area (TPSA) is 97.5 Å². The van der Waals surface area contributed by atoms with Crippen molar-refractivity contribution < 1.29 is 14.0 Å². The summed E-state index contributed by atoms with van der Waals surface area (Å²) in [7, 11) is 0. The Morgan fingerprint density at radius 3 is 2.51 bits per heavy atom. The first kappa shape index (κ1) is 23.3. The van der Waals surface area contributed by atoms with E-state index in [9.17, 15) is 18.8 Å². The number of pyridine rings is 1. The van der Waals surface area contributed by atoms with Crippen LogP contribution in [0.25, 0.3) is 0 Å². The number of carbonyl (C=O) groups is 2. The summed E-state index contributed by atoms with van der Waals surface area (Å²) in [5, 5.41) is 5.99. The van der Waals surface area contributed by atoms with Crippen molar-refractivity contribution in [2.75, 3.05) is 34.8 Å². The Morgan fingerprint density at radius 2 is 1.73 bits per heavy atom. The van der Waals surface area contributed by atoms with E-state index in [-0.39, 0.29) is 28.9 Å². The number of urea groups is 1. The predicted octanol–water partition coefficient (Wildman–Crippen LogP) is 4.08. The van der Waals surface area contributed by atoms with Gasteiger partial charge in [0.05, 0.1) is 5.54 Å². The smallest absolute Gasteiger partial charge is 0.319 e. The minimum absolute atomic E-state index is 0.221. The summed E-state index contributed by atoms with van der Waals surface area (Å²) in [6, 6.07) is 15.1. The fourth-order valence-electron chi connectivity index (χ4n) is 5.98. The molecule has 0 bridgehead atoms. The van der Waals surface area contributed by atoms with Gasteiger partial charge in [-0.05, 0) is 48.7 Å². The Bertz CT molecular complexity index is 1490. The lowest BCUT2D eigenvalue weighted by atomic mass is 9.79. The highest BCUT2D eigenvalue weighted by Gasteiger charge is 2.42. The molecule has 0 saturated carbocycles. The number of anilines is 3. The summed E-state index contributed by atoms with van der Waals surface area (Å²) in [5.74, 6) is -0.0640. The number of piperidine rings is 1. The summed E-state index contributed by atoms with van der Waals surface area (Å²) in [5.41, 5.74) is 2.34. The van der Waals surface area contributed by atoms with Gasteiger partial charge >= 0.3 is 6.03 Å². The number of aromatic amines is 1. The third kappa shape index (κ3) is 3.85. The molecular weight excluding hydrogens is 473 g/mol. The molecule has 1 fully saturated rings. The molecule has 6 rings (SSSR count). The Morgan fingerprint density at radius 1 is 0.973 bits per heavy atom. The molecule has 190 valence electrons. The number of para-hydroxylation sites is 1. The SMILES string of the molecule is CC1(C)CN(C(=O)c2cc(N3CCC4(CC3)NC(=O)Nc3ccccc34)[nH]c(=O)c2)c2ccc(F)cc21. The number of benzene rings is 2. The summed E-state index contributed by atoms with van der Waals surface area (Å²) < 4.78 is 13.9. The standard InChI is InChI=1S/C28H28FN5O3/c1-27(2)16-34(22-8-7-18(29)15-20(22)27)25(36)17-13-23(31-24(35)14-17)33-11-9-28(10-12-33)19-5-3-4-6-21(19)30-26(37)32-28/h3-8,13-15H,9-12,16H2,1-2H3,(H,31,35)(H2,30,32,37). The molecule has 8 nitrogen and oxygen atoms in total. The van der Waals surface area contributed by atoms with Gasteiger partial charge in [0.2, 0.25) is 5.56 Å². The van der Waals surface area contributed by atoms with Crippen molar-refractivity contribution in [2.24, 2.45) is 0 Å². The molecule has 4 heterocycles. The molecule has 37 heavy (non-hydrogen) atoms. The highest BCUT2D eigenvalue weighted by atomic mass is 19.1. The quantitative estimate of drug-likeness (QED) is 0.493. The van der Waals surface area contributed by atoms with Crippen LogP contribution < -0.4 is 26.0 Å². The molecule has 1 spiro atoms. The van der Waals surface area contributed by atoms with Gasteiger partial charge in [-0.1, -0.05) is 32.0 Å². The number of nitrogens with zero attached hydrogens (tertiary/aromatic N) is 2. The van der Waals surface area contributed by atoms with E-state index in [0.717, 1.165) is 16.8 Å². The van der Waals surface area contributed by atoms with E-state index in [2.05, 4.69) is 15.6 Å². The maximum atomic E-state index is 13.9. The number of nitrogens with one attached hydrogen (secondary N) is 3. The first-order chi connectivity index (χ1) is 17.6.